The fourth-order valence-electron chi connectivity index (χ4n) is 1.68. The van der Waals surface area contributed by atoms with Gasteiger partial charge in [0.2, 0.25) is 0 Å². The molecule has 0 aliphatic heterocycles. The summed E-state index contributed by atoms with van der Waals surface area (Å²) in [4.78, 5) is 3.18. The number of halogens is 6. The van der Waals surface area contributed by atoms with Crippen LogP contribution in [0.15, 0.2) is 36.4 Å². The third-order valence-corrected chi connectivity index (χ3v) is 2.53. The Bertz CT molecular complexity index is 681. The number of alkyl halides is 6. The molecule has 0 spiro atoms. The van der Waals surface area contributed by atoms with Crippen LogP contribution in [0.25, 0.3) is 11.3 Å². The highest BCUT2D eigenvalue weighted by Crippen LogP contribution is 2.38. The van der Waals surface area contributed by atoms with E-state index in [1.807, 2.05) is 0 Å². The Hall–Kier alpha value is -2.45. The summed E-state index contributed by atoms with van der Waals surface area (Å²) in [5, 5.41) is 9.61. The number of aromatic nitrogens is 1. The second kappa shape index (κ2) is 5.39. The van der Waals surface area contributed by atoms with E-state index in [1.165, 1.54) is 12.1 Å². The highest BCUT2D eigenvalue weighted by Gasteiger charge is 2.35. The van der Waals surface area contributed by atoms with Crippen molar-refractivity contribution in [2.75, 3.05) is 0 Å². The molecule has 0 fully saturated rings. The first kappa shape index (κ1) is 15.9. The molecule has 0 unspecified atom stereocenters. The standard InChI is InChI=1S/C13H7F6NO2/c14-12(15,16)10-6-5-8(21)11(20-10)7-3-1-2-4-9(7)22-13(17,18)19/h1-6,21H. The number of ether oxygens (including phenoxy) is 1. The molecule has 0 saturated heterocycles. The predicted molar refractivity (Wildman–Crippen MR) is 63.0 cm³/mol. The third kappa shape index (κ3) is 3.60. The van der Waals surface area contributed by atoms with Gasteiger partial charge in [-0.3, -0.25) is 0 Å². The van der Waals surface area contributed by atoms with Crippen LogP contribution in [0.4, 0.5) is 26.3 Å². The molecule has 3 nitrogen and oxygen atoms in total. The lowest BCUT2D eigenvalue weighted by molar-refractivity contribution is -0.274. The summed E-state index contributed by atoms with van der Waals surface area (Å²) in [6, 6.07) is 5.67. The summed E-state index contributed by atoms with van der Waals surface area (Å²) in [5.41, 5.74) is -2.42. The Morgan fingerprint density at radius 2 is 1.55 bits per heavy atom. The predicted octanol–water partition coefficient (Wildman–Crippen LogP) is 4.37. The van der Waals surface area contributed by atoms with Crippen molar-refractivity contribution >= 4 is 0 Å². The van der Waals surface area contributed by atoms with Gasteiger partial charge in [-0.25, -0.2) is 4.98 Å². The fourth-order valence-corrected chi connectivity index (χ4v) is 1.68. The van der Waals surface area contributed by atoms with Crippen molar-refractivity contribution in [2.24, 2.45) is 0 Å². The van der Waals surface area contributed by atoms with E-state index in [0.29, 0.717) is 12.1 Å². The van der Waals surface area contributed by atoms with Crippen LogP contribution in [0.5, 0.6) is 11.5 Å². The summed E-state index contributed by atoms with van der Waals surface area (Å²) < 4.78 is 78.6. The summed E-state index contributed by atoms with van der Waals surface area (Å²) in [6.45, 7) is 0. The van der Waals surface area contributed by atoms with Crippen molar-refractivity contribution in [3.8, 4) is 22.8 Å². The van der Waals surface area contributed by atoms with Crippen LogP contribution in [0.1, 0.15) is 5.69 Å². The molecule has 22 heavy (non-hydrogen) atoms. The van der Waals surface area contributed by atoms with Gasteiger partial charge < -0.3 is 9.84 Å². The molecule has 0 radical (unpaired) electrons. The van der Waals surface area contributed by atoms with Gasteiger partial charge in [0.15, 0.2) is 0 Å². The summed E-state index contributed by atoms with van der Waals surface area (Å²) in [6.07, 6.45) is -9.84. The van der Waals surface area contributed by atoms with Gasteiger partial charge in [0.25, 0.3) is 0 Å². The molecule has 2 rings (SSSR count). The van der Waals surface area contributed by atoms with E-state index in [4.69, 9.17) is 0 Å². The molecule has 0 amide bonds. The lowest BCUT2D eigenvalue weighted by Crippen LogP contribution is -2.17. The number of hydrogen-bond donors (Lipinski definition) is 1. The highest BCUT2D eigenvalue weighted by atomic mass is 19.4. The van der Waals surface area contributed by atoms with Crippen LogP contribution < -0.4 is 4.74 Å². The Balaban J connectivity index is 2.57. The van der Waals surface area contributed by atoms with Crippen LogP contribution in [0.2, 0.25) is 0 Å². The number of para-hydroxylation sites is 1. The average molecular weight is 323 g/mol. The molecule has 9 heteroatoms. The lowest BCUT2D eigenvalue weighted by atomic mass is 10.1. The molecule has 1 aromatic heterocycles. The zero-order chi connectivity index (χ0) is 16.5. The molecule has 0 saturated carbocycles. The van der Waals surface area contributed by atoms with Crippen LogP contribution in [0.3, 0.4) is 0 Å². The van der Waals surface area contributed by atoms with Crippen LogP contribution in [0, 0.1) is 0 Å². The molecule has 1 N–H and O–H groups in total. The number of nitrogens with zero attached hydrogens (tertiary/aromatic N) is 1. The molecule has 118 valence electrons. The van der Waals surface area contributed by atoms with Crippen molar-refractivity contribution in [3.05, 3.63) is 42.1 Å². The topological polar surface area (TPSA) is 42.4 Å². The minimum atomic E-state index is -5.03. The second-order valence-corrected chi connectivity index (χ2v) is 4.11. The summed E-state index contributed by atoms with van der Waals surface area (Å²) in [7, 11) is 0. The Kier molecular flexibility index (Phi) is 3.90. The quantitative estimate of drug-likeness (QED) is 0.835. The molecule has 1 heterocycles. The molecule has 0 atom stereocenters. The molecule has 0 aliphatic carbocycles. The van der Waals surface area contributed by atoms with Gasteiger partial charge in [-0.05, 0) is 24.3 Å². The summed E-state index contributed by atoms with van der Waals surface area (Å²) in [5.74, 6) is -1.47. The van der Waals surface area contributed by atoms with Crippen molar-refractivity contribution in [1.82, 2.24) is 4.98 Å². The maximum atomic E-state index is 12.6. The van der Waals surface area contributed by atoms with Gasteiger partial charge in [-0.2, -0.15) is 13.2 Å². The number of aromatic hydroxyl groups is 1. The van der Waals surface area contributed by atoms with Crippen LogP contribution >= 0.6 is 0 Å². The van der Waals surface area contributed by atoms with Gasteiger partial charge in [-0.1, -0.05) is 12.1 Å². The maximum absolute atomic E-state index is 12.6. The van der Waals surface area contributed by atoms with Gasteiger partial charge >= 0.3 is 12.5 Å². The zero-order valence-electron chi connectivity index (χ0n) is 10.5. The van der Waals surface area contributed by atoms with Crippen molar-refractivity contribution in [3.63, 3.8) is 0 Å². The Morgan fingerprint density at radius 1 is 0.909 bits per heavy atom. The zero-order valence-corrected chi connectivity index (χ0v) is 10.5. The van der Waals surface area contributed by atoms with Crippen LogP contribution in [-0.2, 0) is 6.18 Å². The molecular formula is C13H7F6NO2. The van der Waals surface area contributed by atoms with E-state index in [9.17, 15) is 31.4 Å². The monoisotopic (exact) mass is 323 g/mol. The first-order valence-corrected chi connectivity index (χ1v) is 5.70. The first-order valence-electron chi connectivity index (χ1n) is 5.70. The number of benzene rings is 1. The van der Waals surface area contributed by atoms with Crippen molar-refractivity contribution < 1.29 is 36.2 Å². The largest absolute Gasteiger partial charge is 0.573 e. The van der Waals surface area contributed by atoms with E-state index >= 15 is 0 Å². The second-order valence-electron chi connectivity index (χ2n) is 4.11. The summed E-state index contributed by atoms with van der Waals surface area (Å²) >= 11 is 0. The van der Waals surface area contributed by atoms with Gasteiger partial charge in [0.05, 0.1) is 0 Å². The third-order valence-electron chi connectivity index (χ3n) is 2.53. The number of rotatable bonds is 2. The van der Waals surface area contributed by atoms with Crippen LogP contribution in [-0.4, -0.2) is 16.5 Å². The Labute approximate surface area is 119 Å². The molecule has 2 aromatic rings. The van der Waals surface area contributed by atoms with E-state index in [0.717, 1.165) is 12.1 Å². The Morgan fingerprint density at radius 3 is 2.14 bits per heavy atom. The highest BCUT2D eigenvalue weighted by molar-refractivity contribution is 5.72. The maximum Gasteiger partial charge on any atom is 0.573 e. The molecule has 0 bridgehead atoms. The minimum Gasteiger partial charge on any atom is -0.506 e. The van der Waals surface area contributed by atoms with E-state index < -0.39 is 41.0 Å². The van der Waals surface area contributed by atoms with E-state index in [1.54, 1.807) is 0 Å². The van der Waals surface area contributed by atoms with E-state index in [2.05, 4.69) is 9.72 Å². The first-order chi connectivity index (χ1) is 10.1. The van der Waals surface area contributed by atoms with Gasteiger partial charge in [0, 0.05) is 5.56 Å². The van der Waals surface area contributed by atoms with Gasteiger partial charge in [-0.15, -0.1) is 13.2 Å². The molecular weight excluding hydrogens is 316 g/mol. The minimum absolute atomic E-state index is 0.413. The smallest absolute Gasteiger partial charge is 0.506 e. The normalized spacial score (nSPS) is 12.3. The SMILES string of the molecule is Oc1ccc(C(F)(F)F)nc1-c1ccccc1OC(F)(F)F. The average Bonchev–Trinajstić information content (AvgIpc) is 2.37. The number of pyridine rings is 1. The van der Waals surface area contributed by atoms with E-state index in [-0.39, 0.29) is 0 Å². The molecule has 1 aromatic carbocycles. The van der Waals surface area contributed by atoms with Crippen molar-refractivity contribution in [2.45, 2.75) is 12.5 Å². The molecule has 0 aliphatic rings. The number of hydrogen-bond acceptors (Lipinski definition) is 3. The van der Waals surface area contributed by atoms with Crippen molar-refractivity contribution in [1.29, 1.82) is 0 Å². The van der Waals surface area contributed by atoms with Gasteiger partial charge in [0.1, 0.15) is 22.9 Å². The lowest BCUT2D eigenvalue weighted by Gasteiger charge is -2.14. The fraction of sp³-hybridized carbons (Fsp3) is 0.154.